The number of nitrogens with two attached hydrogens (primary N) is 1. The van der Waals surface area contributed by atoms with Gasteiger partial charge in [0.1, 0.15) is 11.6 Å². The average molecular weight is 422 g/mol. The van der Waals surface area contributed by atoms with E-state index in [9.17, 15) is 4.79 Å². The Balaban J connectivity index is 1.86. The predicted molar refractivity (Wildman–Crippen MR) is 121 cm³/mol. The van der Waals surface area contributed by atoms with Crippen molar-refractivity contribution in [3.05, 3.63) is 77.4 Å². The Kier molecular flexibility index (Phi) is 7.07. The quantitative estimate of drug-likeness (QED) is 0.554. The fourth-order valence-electron chi connectivity index (χ4n) is 3.29. The van der Waals surface area contributed by atoms with Crippen LogP contribution in [0.1, 0.15) is 49.6 Å². The maximum absolute atomic E-state index is 12.4. The highest BCUT2D eigenvalue weighted by atomic mass is 16.5. The van der Waals surface area contributed by atoms with Crippen LogP contribution in [0.15, 0.2) is 54.6 Å². The second-order valence-corrected chi connectivity index (χ2v) is 8.31. The normalized spacial score (nSPS) is 12.4. The van der Waals surface area contributed by atoms with Gasteiger partial charge in [-0.1, -0.05) is 42.5 Å². The van der Waals surface area contributed by atoms with Crippen LogP contribution in [0.2, 0.25) is 0 Å². The Morgan fingerprint density at radius 1 is 1.06 bits per heavy atom. The van der Waals surface area contributed by atoms with Gasteiger partial charge in [-0.15, -0.1) is 10.2 Å². The van der Waals surface area contributed by atoms with E-state index in [0.717, 1.165) is 30.0 Å². The number of carbonyl (C=O) groups is 1. The molecule has 3 N–H and O–H groups in total. The summed E-state index contributed by atoms with van der Waals surface area (Å²) < 4.78 is 7.34. The van der Waals surface area contributed by atoms with E-state index in [0.29, 0.717) is 12.4 Å². The molecular weight excluding hydrogens is 390 g/mol. The number of nitrogens with one attached hydrogen (secondary N) is 1. The Hall–Kier alpha value is -3.19. The molecule has 2 aromatic carbocycles. The van der Waals surface area contributed by atoms with Gasteiger partial charge in [-0.05, 0) is 50.5 Å². The standard InChI is InChI=1S/C24H31N5O2/c1-17(26-23(30)24(2,3)25)22-28-27-21(15-12-18-8-6-5-7-9-18)29(22)16-19-10-13-20(31-4)14-11-19/h5-11,13-14,17H,12,15-16,25H2,1-4H3,(H,26,30)/t17-/m1/s1. The summed E-state index contributed by atoms with van der Waals surface area (Å²) in [6, 6.07) is 17.9. The molecule has 1 amide bonds. The number of aryl methyl sites for hydroxylation is 2. The largest absolute Gasteiger partial charge is 0.497 e. The van der Waals surface area contributed by atoms with Crippen LogP contribution < -0.4 is 15.8 Å². The number of carbonyl (C=O) groups excluding carboxylic acids is 1. The van der Waals surface area contributed by atoms with Gasteiger partial charge in [-0.2, -0.15) is 0 Å². The molecule has 0 aliphatic carbocycles. The summed E-state index contributed by atoms with van der Waals surface area (Å²) in [5, 5.41) is 11.8. The lowest BCUT2D eigenvalue weighted by molar-refractivity contribution is -0.125. The van der Waals surface area contributed by atoms with Crippen molar-refractivity contribution in [1.82, 2.24) is 20.1 Å². The van der Waals surface area contributed by atoms with Gasteiger partial charge >= 0.3 is 0 Å². The Bertz CT molecular complexity index is 991. The first-order chi connectivity index (χ1) is 14.8. The van der Waals surface area contributed by atoms with Gasteiger partial charge in [0, 0.05) is 6.42 Å². The van der Waals surface area contributed by atoms with Gasteiger partial charge in [0.05, 0.1) is 25.2 Å². The molecule has 31 heavy (non-hydrogen) atoms. The number of hydrogen-bond acceptors (Lipinski definition) is 5. The number of methoxy groups -OCH3 is 1. The number of amides is 1. The second kappa shape index (κ2) is 9.75. The van der Waals surface area contributed by atoms with Crippen molar-refractivity contribution in [3.8, 4) is 5.75 Å². The van der Waals surface area contributed by atoms with Crippen molar-refractivity contribution in [2.75, 3.05) is 7.11 Å². The molecule has 3 aromatic rings. The van der Waals surface area contributed by atoms with E-state index < -0.39 is 5.54 Å². The summed E-state index contributed by atoms with van der Waals surface area (Å²) >= 11 is 0. The fraction of sp³-hybridized carbons (Fsp3) is 0.375. The third-order valence-electron chi connectivity index (χ3n) is 5.16. The Labute approximate surface area is 183 Å². The van der Waals surface area contributed by atoms with Gasteiger partial charge in [-0.3, -0.25) is 4.79 Å². The molecule has 1 atom stereocenters. The first-order valence-electron chi connectivity index (χ1n) is 10.5. The summed E-state index contributed by atoms with van der Waals surface area (Å²) in [6.45, 7) is 5.87. The fourth-order valence-corrected chi connectivity index (χ4v) is 3.29. The Morgan fingerprint density at radius 2 is 1.74 bits per heavy atom. The van der Waals surface area contributed by atoms with Crippen molar-refractivity contribution in [1.29, 1.82) is 0 Å². The number of benzene rings is 2. The maximum atomic E-state index is 12.4. The summed E-state index contributed by atoms with van der Waals surface area (Å²) in [4.78, 5) is 12.4. The predicted octanol–water partition coefficient (Wildman–Crippen LogP) is 3.03. The highest BCUT2D eigenvalue weighted by Crippen LogP contribution is 2.19. The molecule has 0 spiro atoms. The average Bonchev–Trinajstić information content (AvgIpc) is 3.15. The first kappa shape index (κ1) is 22.5. The smallest absolute Gasteiger partial charge is 0.240 e. The van der Waals surface area contributed by atoms with Gasteiger partial charge in [0.25, 0.3) is 0 Å². The third kappa shape index (κ3) is 5.92. The molecule has 164 valence electrons. The van der Waals surface area contributed by atoms with Crippen LogP contribution in [-0.4, -0.2) is 33.3 Å². The van der Waals surface area contributed by atoms with E-state index in [1.54, 1.807) is 21.0 Å². The highest BCUT2D eigenvalue weighted by molar-refractivity contribution is 5.85. The zero-order valence-electron chi connectivity index (χ0n) is 18.6. The highest BCUT2D eigenvalue weighted by Gasteiger charge is 2.26. The number of ether oxygens (including phenoxy) is 1. The maximum Gasteiger partial charge on any atom is 0.240 e. The van der Waals surface area contributed by atoms with Crippen LogP contribution in [0.5, 0.6) is 5.75 Å². The molecular formula is C24H31N5O2. The molecule has 1 heterocycles. The minimum atomic E-state index is -0.967. The lowest BCUT2D eigenvalue weighted by Crippen LogP contribution is -2.49. The van der Waals surface area contributed by atoms with Gasteiger partial charge in [0.15, 0.2) is 5.82 Å². The van der Waals surface area contributed by atoms with Crippen LogP contribution in [0.4, 0.5) is 0 Å². The summed E-state index contributed by atoms with van der Waals surface area (Å²) in [7, 11) is 1.65. The van der Waals surface area contributed by atoms with Crippen LogP contribution >= 0.6 is 0 Å². The molecule has 0 aliphatic rings. The summed E-state index contributed by atoms with van der Waals surface area (Å²) in [5.41, 5.74) is 7.32. The third-order valence-corrected chi connectivity index (χ3v) is 5.16. The van der Waals surface area contributed by atoms with Crippen molar-refractivity contribution in [3.63, 3.8) is 0 Å². The zero-order chi connectivity index (χ0) is 22.4. The van der Waals surface area contributed by atoms with E-state index in [4.69, 9.17) is 10.5 Å². The van der Waals surface area contributed by atoms with E-state index in [2.05, 4.69) is 32.2 Å². The first-order valence-corrected chi connectivity index (χ1v) is 10.5. The number of nitrogens with zero attached hydrogens (tertiary/aromatic N) is 3. The number of hydrogen-bond donors (Lipinski definition) is 2. The van der Waals surface area contributed by atoms with Crippen molar-refractivity contribution in [2.24, 2.45) is 5.73 Å². The SMILES string of the molecule is COc1ccc(Cn2c(CCc3ccccc3)nnc2[C@@H](C)NC(=O)C(C)(C)N)cc1. The van der Waals surface area contributed by atoms with Crippen LogP contribution in [0.25, 0.3) is 0 Å². The summed E-state index contributed by atoms with van der Waals surface area (Å²) in [6.07, 6.45) is 1.61. The number of aromatic nitrogens is 3. The van der Waals surface area contributed by atoms with Crippen molar-refractivity contribution >= 4 is 5.91 Å². The van der Waals surface area contributed by atoms with Crippen molar-refractivity contribution < 1.29 is 9.53 Å². The minimum Gasteiger partial charge on any atom is -0.497 e. The summed E-state index contributed by atoms with van der Waals surface area (Å²) in [5.74, 6) is 2.16. The molecule has 3 rings (SSSR count). The number of rotatable bonds is 9. The van der Waals surface area contributed by atoms with Gasteiger partial charge in [-0.25, -0.2) is 0 Å². The van der Waals surface area contributed by atoms with Crippen molar-refractivity contribution in [2.45, 2.75) is 51.7 Å². The molecule has 7 nitrogen and oxygen atoms in total. The molecule has 1 aromatic heterocycles. The lowest BCUT2D eigenvalue weighted by atomic mass is 10.1. The molecule has 0 fully saturated rings. The topological polar surface area (TPSA) is 95.1 Å². The minimum absolute atomic E-state index is 0.232. The monoisotopic (exact) mass is 421 g/mol. The lowest BCUT2D eigenvalue weighted by Gasteiger charge is -2.22. The molecule has 0 bridgehead atoms. The van der Waals surface area contributed by atoms with E-state index in [-0.39, 0.29) is 11.9 Å². The van der Waals surface area contributed by atoms with Crippen LogP contribution in [0, 0.1) is 0 Å². The zero-order valence-corrected chi connectivity index (χ0v) is 18.6. The van der Waals surface area contributed by atoms with Gasteiger partial charge < -0.3 is 20.4 Å². The van der Waals surface area contributed by atoms with Gasteiger partial charge in [0.2, 0.25) is 5.91 Å². The van der Waals surface area contributed by atoms with E-state index >= 15 is 0 Å². The van der Waals surface area contributed by atoms with E-state index in [1.807, 2.05) is 49.4 Å². The van der Waals surface area contributed by atoms with Crippen LogP contribution in [0.3, 0.4) is 0 Å². The molecule has 0 aliphatic heterocycles. The molecule has 0 unspecified atom stereocenters. The molecule has 0 saturated carbocycles. The molecule has 0 saturated heterocycles. The second-order valence-electron chi connectivity index (χ2n) is 8.31. The van der Waals surface area contributed by atoms with E-state index in [1.165, 1.54) is 5.56 Å². The molecule has 7 heteroatoms. The Morgan fingerprint density at radius 3 is 2.35 bits per heavy atom. The molecule has 0 radical (unpaired) electrons. The van der Waals surface area contributed by atoms with Crippen LogP contribution in [-0.2, 0) is 24.2 Å².